The topological polar surface area (TPSA) is 21.3 Å². The van der Waals surface area contributed by atoms with Gasteiger partial charge in [-0.15, -0.1) is 12.4 Å². The Morgan fingerprint density at radius 2 is 2.06 bits per heavy atom. The normalized spacial score (nSPS) is 22.1. The van der Waals surface area contributed by atoms with E-state index in [1.807, 2.05) is 0 Å². The predicted octanol–water partition coefficient (Wildman–Crippen LogP) is 2.98. The molecule has 0 spiro atoms. The molecule has 0 saturated carbocycles. The summed E-state index contributed by atoms with van der Waals surface area (Å²) in [6, 6.07) is 6.63. The van der Waals surface area contributed by atoms with Crippen molar-refractivity contribution in [2.24, 2.45) is 5.92 Å². The Morgan fingerprint density at radius 3 is 2.89 bits per heavy atom. The van der Waals surface area contributed by atoms with Crippen LogP contribution in [0.4, 0.5) is 0 Å². The molecule has 1 aromatic carbocycles. The quantitative estimate of drug-likeness (QED) is 0.909. The fourth-order valence-corrected chi connectivity index (χ4v) is 2.92. The molecule has 0 aromatic heterocycles. The second kappa shape index (κ2) is 6.44. The molecule has 100 valence electrons. The van der Waals surface area contributed by atoms with Crippen LogP contribution in [-0.4, -0.2) is 19.7 Å². The third-order valence-corrected chi connectivity index (χ3v) is 3.95. The Bertz CT molecular complexity index is 388. The molecule has 1 aliphatic heterocycles. The van der Waals surface area contributed by atoms with E-state index >= 15 is 0 Å². The van der Waals surface area contributed by atoms with E-state index in [1.165, 1.54) is 49.8 Å². The fourth-order valence-electron chi connectivity index (χ4n) is 2.92. The summed E-state index contributed by atoms with van der Waals surface area (Å²) in [5.41, 5.74) is 3.03. The van der Waals surface area contributed by atoms with E-state index < -0.39 is 0 Å². The van der Waals surface area contributed by atoms with E-state index in [2.05, 4.69) is 23.5 Å². The van der Waals surface area contributed by atoms with Crippen LogP contribution >= 0.6 is 12.4 Å². The van der Waals surface area contributed by atoms with Crippen molar-refractivity contribution in [3.8, 4) is 5.75 Å². The monoisotopic (exact) mass is 267 g/mol. The van der Waals surface area contributed by atoms with Crippen molar-refractivity contribution in [3.05, 3.63) is 29.3 Å². The first kappa shape index (κ1) is 13.7. The van der Waals surface area contributed by atoms with Crippen molar-refractivity contribution < 1.29 is 4.74 Å². The highest BCUT2D eigenvalue weighted by atomic mass is 35.5. The molecular formula is C15H22ClNO. The summed E-state index contributed by atoms with van der Waals surface area (Å²) in [6.07, 6.45) is 6.39. The smallest absolute Gasteiger partial charge is 0.119 e. The highest BCUT2D eigenvalue weighted by Gasteiger charge is 2.15. The average molecular weight is 268 g/mol. The zero-order chi connectivity index (χ0) is 11.5. The van der Waals surface area contributed by atoms with Gasteiger partial charge in [-0.25, -0.2) is 0 Å². The van der Waals surface area contributed by atoms with Gasteiger partial charge in [-0.3, -0.25) is 0 Å². The van der Waals surface area contributed by atoms with Crippen LogP contribution in [0.2, 0.25) is 0 Å². The number of piperidine rings is 1. The second-order valence-corrected chi connectivity index (χ2v) is 5.31. The van der Waals surface area contributed by atoms with Crippen molar-refractivity contribution in [2.45, 2.75) is 32.1 Å². The van der Waals surface area contributed by atoms with Crippen LogP contribution in [0.3, 0.4) is 0 Å². The molecule has 3 rings (SSSR count). The number of halogens is 1. The molecule has 1 aromatic rings. The van der Waals surface area contributed by atoms with Gasteiger partial charge in [0.25, 0.3) is 0 Å². The van der Waals surface area contributed by atoms with Gasteiger partial charge in [-0.2, -0.15) is 0 Å². The third-order valence-electron chi connectivity index (χ3n) is 3.95. The molecule has 3 heteroatoms. The maximum atomic E-state index is 5.93. The molecule has 1 fully saturated rings. The number of hydrogen-bond acceptors (Lipinski definition) is 2. The van der Waals surface area contributed by atoms with Gasteiger partial charge in [0, 0.05) is 12.5 Å². The minimum absolute atomic E-state index is 0. The maximum absolute atomic E-state index is 5.93. The number of hydrogen-bond donors (Lipinski definition) is 1. The van der Waals surface area contributed by atoms with E-state index in [-0.39, 0.29) is 12.4 Å². The van der Waals surface area contributed by atoms with Crippen LogP contribution in [0.1, 0.15) is 30.4 Å². The Labute approximate surface area is 116 Å². The lowest BCUT2D eigenvalue weighted by Crippen LogP contribution is -2.33. The zero-order valence-electron chi connectivity index (χ0n) is 10.8. The highest BCUT2D eigenvalue weighted by Crippen LogP contribution is 2.26. The molecule has 1 heterocycles. The van der Waals surface area contributed by atoms with Crippen LogP contribution in [0.25, 0.3) is 0 Å². The second-order valence-electron chi connectivity index (χ2n) is 5.31. The molecule has 1 saturated heterocycles. The number of aryl methyl sites for hydroxylation is 2. The number of rotatable bonds is 3. The molecule has 1 N–H and O–H groups in total. The molecule has 1 unspecified atom stereocenters. The first-order chi connectivity index (χ1) is 8.42. The number of nitrogens with one attached hydrogen (secondary N) is 1. The van der Waals surface area contributed by atoms with E-state index in [9.17, 15) is 0 Å². The molecule has 2 aliphatic rings. The van der Waals surface area contributed by atoms with Crippen LogP contribution in [0.5, 0.6) is 5.75 Å². The lowest BCUT2D eigenvalue weighted by Gasteiger charge is -2.22. The SMILES string of the molecule is Cl.c1cc2c(cc1OCC1CCCNC1)CCC2. The van der Waals surface area contributed by atoms with Crippen molar-refractivity contribution in [3.63, 3.8) is 0 Å². The minimum Gasteiger partial charge on any atom is -0.493 e. The highest BCUT2D eigenvalue weighted by molar-refractivity contribution is 5.85. The average Bonchev–Trinajstić information content (AvgIpc) is 2.85. The third kappa shape index (κ3) is 3.18. The molecule has 0 bridgehead atoms. The van der Waals surface area contributed by atoms with Crippen LogP contribution in [0.15, 0.2) is 18.2 Å². The summed E-state index contributed by atoms with van der Waals surface area (Å²) in [4.78, 5) is 0. The van der Waals surface area contributed by atoms with Crippen molar-refractivity contribution in [1.29, 1.82) is 0 Å². The fraction of sp³-hybridized carbons (Fsp3) is 0.600. The van der Waals surface area contributed by atoms with Crippen LogP contribution < -0.4 is 10.1 Å². The van der Waals surface area contributed by atoms with Gasteiger partial charge in [0.2, 0.25) is 0 Å². The summed E-state index contributed by atoms with van der Waals surface area (Å²) in [7, 11) is 0. The van der Waals surface area contributed by atoms with E-state index in [0.29, 0.717) is 5.92 Å². The summed E-state index contributed by atoms with van der Waals surface area (Å²) >= 11 is 0. The van der Waals surface area contributed by atoms with Crippen molar-refractivity contribution in [2.75, 3.05) is 19.7 Å². The zero-order valence-corrected chi connectivity index (χ0v) is 11.6. The molecule has 18 heavy (non-hydrogen) atoms. The Hall–Kier alpha value is -0.730. The van der Waals surface area contributed by atoms with E-state index in [1.54, 1.807) is 0 Å². The molecule has 0 radical (unpaired) electrons. The molecule has 1 atom stereocenters. The minimum atomic E-state index is 0. The first-order valence-corrected chi connectivity index (χ1v) is 6.87. The van der Waals surface area contributed by atoms with Gasteiger partial charge in [0.15, 0.2) is 0 Å². The lowest BCUT2D eigenvalue weighted by molar-refractivity contribution is 0.218. The molecular weight excluding hydrogens is 246 g/mol. The van der Waals surface area contributed by atoms with Crippen molar-refractivity contribution in [1.82, 2.24) is 5.32 Å². The molecule has 0 amide bonds. The van der Waals surface area contributed by atoms with Gasteiger partial charge in [0.05, 0.1) is 6.61 Å². The summed E-state index contributed by atoms with van der Waals surface area (Å²) in [5.74, 6) is 1.76. The van der Waals surface area contributed by atoms with E-state index in [4.69, 9.17) is 4.74 Å². The molecule has 1 aliphatic carbocycles. The Balaban J connectivity index is 0.00000120. The van der Waals surface area contributed by atoms with Gasteiger partial charge in [0.1, 0.15) is 5.75 Å². The lowest BCUT2D eigenvalue weighted by atomic mass is 10.0. The summed E-state index contributed by atoms with van der Waals surface area (Å²) < 4.78 is 5.93. The van der Waals surface area contributed by atoms with Crippen LogP contribution in [0, 0.1) is 5.92 Å². The van der Waals surface area contributed by atoms with Crippen molar-refractivity contribution >= 4 is 12.4 Å². The predicted molar refractivity (Wildman–Crippen MR) is 76.8 cm³/mol. The standard InChI is InChI=1S/C15H21NO.ClH/c1-4-13-6-7-15(9-14(13)5-1)17-11-12-3-2-8-16-10-12;/h6-7,9,12,16H,1-5,8,10-11H2;1H. The van der Waals surface area contributed by atoms with E-state index in [0.717, 1.165) is 18.9 Å². The van der Waals surface area contributed by atoms with Gasteiger partial charge in [-0.1, -0.05) is 6.07 Å². The summed E-state index contributed by atoms with van der Waals surface area (Å²) in [5, 5.41) is 3.43. The van der Waals surface area contributed by atoms with Gasteiger partial charge in [-0.05, 0) is 61.9 Å². The number of fused-ring (bicyclic) bond motifs is 1. The Kier molecular flexibility index (Phi) is 4.90. The maximum Gasteiger partial charge on any atom is 0.119 e. The van der Waals surface area contributed by atoms with Crippen LogP contribution in [-0.2, 0) is 12.8 Å². The number of ether oxygens (including phenoxy) is 1. The molecule has 2 nitrogen and oxygen atoms in total. The Morgan fingerprint density at radius 1 is 1.17 bits per heavy atom. The first-order valence-electron chi connectivity index (χ1n) is 6.87. The number of benzene rings is 1. The largest absolute Gasteiger partial charge is 0.493 e. The van der Waals surface area contributed by atoms with Gasteiger partial charge >= 0.3 is 0 Å². The summed E-state index contributed by atoms with van der Waals surface area (Å²) in [6.45, 7) is 3.16. The van der Waals surface area contributed by atoms with Gasteiger partial charge < -0.3 is 10.1 Å².